The zero-order valence-corrected chi connectivity index (χ0v) is 11.9. The first-order valence-corrected chi connectivity index (χ1v) is 6.40. The molecular weight excluding hydrogens is 257 g/mol. The number of hydrogen-bond donors (Lipinski definition) is 2. The minimum absolute atomic E-state index is 0.000885. The summed E-state index contributed by atoms with van der Waals surface area (Å²) in [5.74, 6) is 0. The Balaban J connectivity index is 2.56. The van der Waals surface area contributed by atoms with E-state index < -0.39 is 6.10 Å². The first-order chi connectivity index (χ1) is 7.78. The summed E-state index contributed by atoms with van der Waals surface area (Å²) < 4.78 is 0. The van der Waals surface area contributed by atoms with E-state index in [1.165, 1.54) is 0 Å². The zero-order valence-electron chi connectivity index (χ0n) is 10.4. The average molecular weight is 276 g/mol. The number of aliphatic hydroxyl groups is 1. The van der Waals surface area contributed by atoms with Crippen molar-refractivity contribution in [2.45, 2.75) is 38.8 Å². The van der Waals surface area contributed by atoms with E-state index in [-0.39, 0.29) is 5.54 Å². The smallest absolute Gasteiger partial charge is 0.0705 e. The van der Waals surface area contributed by atoms with E-state index in [0.717, 1.165) is 5.56 Å². The maximum absolute atomic E-state index is 9.92. The molecule has 0 aromatic heterocycles. The van der Waals surface area contributed by atoms with E-state index in [4.69, 9.17) is 23.2 Å². The van der Waals surface area contributed by atoms with Gasteiger partial charge in [-0.2, -0.15) is 0 Å². The van der Waals surface area contributed by atoms with Crippen molar-refractivity contribution in [3.63, 3.8) is 0 Å². The third-order valence-corrected chi connectivity index (χ3v) is 2.94. The van der Waals surface area contributed by atoms with Crippen LogP contribution in [-0.4, -0.2) is 23.3 Å². The highest BCUT2D eigenvalue weighted by Gasteiger charge is 2.13. The Hall–Kier alpha value is -0.280. The summed E-state index contributed by atoms with van der Waals surface area (Å²) in [6.45, 7) is 6.72. The Morgan fingerprint density at radius 1 is 1.29 bits per heavy atom. The molecule has 1 unspecified atom stereocenters. The molecule has 1 rings (SSSR count). The Morgan fingerprint density at radius 3 is 2.53 bits per heavy atom. The van der Waals surface area contributed by atoms with Crippen LogP contribution in [0.3, 0.4) is 0 Å². The van der Waals surface area contributed by atoms with Gasteiger partial charge in [-0.25, -0.2) is 0 Å². The van der Waals surface area contributed by atoms with Gasteiger partial charge in [-0.05, 0) is 44.5 Å². The number of halogens is 2. The summed E-state index contributed by atoms with van der Waals surface area (Å²) in [6.07, 6.45) is 0.0350. The van der Waals surface area contributed by atoms with E-state index >= 15 is 0 Å². The molecule has 1 atom stereocenters. The monoisotopic (exact) mass is 275 g/mol. The van der Waals surface area contributed by atoms with E-state index in [0.29, 0.717) is 23.0 Å². The third-order valence-electron chi connectivity index (χ3n) is 2.33. The second kappa shape index (κ2) is 6.05. The van der Waals surface area contributed by atoms with Crippen LogP contribution in [0.2, 0.25) is 10.0 Å². The Morgan fingerprint density at radius 2 is 1.94 bits per heavy atom. The predicted octanol–water partition coefficient (Wildman–Crippen LogP) is 3.28. The molecule has 0 aliphatic heterocycles. The molecule has 2 nitrogen and oxygen atoms in total. The molecule has 0 fully saturated rings. The minimum Gasteiger partial charge on any atom is -0.391 e. The van der Waals surface area contributed by atoms with Crippen LogP contribution in [0.15, 0.2) is 18.2 Å². The van der Waals surface area contributed by atoms with Gasteiger partial charge in [0.25, 0.3) is 0 Å². The lowest BCUT2D eigenvalue weighted by atomic mass is 10.1. The van der Waals surface area contributed by atoms with Crippen LogP contribution in [0.5, 0.6) is 0 Å². The van der Waals surface area contributed by atoms with Crippen LogP contribution < -0.4 is 5.32 Å². The van der Waals surface area contributed by atoms with Gasteiger partial charge in [-0.1, -0.05) is 23.2 Å². The van der Waals surface area contributed by atoms with Crippen LogP contribution >= 0.6 is 23.2 Å². The molecule has 0 aliphatic carbocycles. The van der Waals surface area contributed by atoms with E-state index in [9.17, 15) is 5.11 Å². The number of β-amino-alcohol motifs (C(OH)–C–C–N with tert-alkyl or cyclic N) is 1. The highest BCUT2D eigenvalue weighted by atomic mass is 35.5. The first-order valence-electron chi connectivity index (χ1n) is 5.65. The third kappa shape index (κ3) is 5.73. The SMILES string of the molecule is CC(C)(C)NCC(O)Cc1cc(Cl)ccc1Cl. The summed E-state index contributed by atoms with van der Waals surface area (Å²) in [4.78, 5) is 0. The molecule has 1 aromatic rings. The van der Waals surface area contributed by atoms with Crippen molar-refractivity contribution in [1.82, 2.24) is 5.32 Å². The van der Waals surface area contributed by atoms with Crippen molar-refractivity contribution < 1.29 is 5.11 Å². The van der Waals surface area contributed by atoms with Crippen LogP contribution in [-0.2, 0) is 6.42 Å². The Labute approximate surface area is 113 Å². The summed E-state index contributed by atoms with van der Waals surface area (Å²) in [7, 11) is 0. The minimum atomic E-state index is -0.467. The highest BCUT2D eigenvalue weighted by Crippen LogP contribution is 2.21. The van der Waals surface area contributed by atoms with Gasteiger partial charge in [0.1, 0.15) is 0 Å². The molecule has 0 aliphatic rings. The zero-order chi connectivity index (χ0) is 13.1. The standard InChI is InChI=1S/C13H19Cl2NO/c1-13(2,3)16-8-11(17)7-9-6-10(14)4-5-12(9)15/h4-6,11,16-17H,7-8H2,1-3H3. The number of hydrogen-bond acceptors (Lipinski definition) is 2. The van der Waals surface area contributed by atoms with Crippen LogP contribution in [0.4, 0.5) is 0 Å². The van der Waals surface area contributed by atoms with E-state index in [2.05, 4.69) is 26.1 Å². The second-order valence-electron chi connectivity index (χ2n) is 5.22. The maximum atomic E-state index is 9.92. The van der Waals surface area contributed by atoms with Gasteiger partial charge in [0, 0.05) is 28.5 Å². The largest absolute Gasteiger partial charge is 0.391 e. The lowest BCUT2D eigenvalue weighted by molar-refractivity contribution is 0.161. The Kier molecular flexibility index (Phi) is 5.26. The van der Waals surface area contributed by atoms with Crippen molar-refractivity contribution in [2.75, 3.05) is 6.54 Å². The highest BCUT2D eigenvalue weighted by molar-refractivity contribution is 6.33. The van der Waals surface area contributed by atoms with Crippen LogP contribution in [0, 0.1) is 0 Å². The number of aliphatic hydroxyl groups excluding tert-OH is 1. The molecule has 0 heterocycles. The quantitative estimate of drug-likeness (QED) is 0.884. The molecule has 0 saturated heterocycles. The fraction of sp³-hybridized carbons (Fsp3) is 0.538. The van der Waals surface area contributed by atoms with Crippen molar-refractivity contribution in [3.05, 3.63) is 33.8 Å². The van der Waals surface area contributed by atoms with Gasteiger partial charge in [0.2, 0.25) is 0 Å². The van der Waals surface area contributed by atoms with Crippen LogP contribution in [0.1, 0.15) is 26.3 Å². The van der Waals surface area contributed by atoms with Crippen molar-refractivity contribution in [1.29, 1.82) is 0 Å². The van der Waals surface area contributed by atoms with E-state index in [1.807, 2.05) is 0 Å². The molecular formula is C13H19Cl2NO. The predicted molar refractivity (Wildman–Crippen MR) is 73.9 cm³/mol. The van der Waals surface area contributed by atoms with Gasteiger partial charge in [-0.3, -0.25) is 0 Å². The van der Waals surface area contributed by atoms with Gasteiger partial charge < -0.3 is 10.4 Å². The lowest BCUT2D eigenvalue weighted by Crippen LogP contribution is -2.41. The first kappa shape index (κ1) is 14.8. The molecule has 2 N–H and O–H groups in total. The molecule has 0 radical (unpaired) electrons. The summed E-state index contributed by atoms with van der Waals surface area (Å²) in [6, 6.07) is 5.29. The normalized spacial score (nSPS) is 13.8. The van der Waals surface area contributed by atoms with E-state index in [1.54, 1.807) is 18.2 Å². The number of rotatable bonds is 4. The molecule has 96 valence electrons. The topological polar surface area (TPSA) is 32.3 Å². The van der Waals surface area contributed by atoms with Crippen molar-refractivity contribution in [3.8, 4) is 0 Å². The molecule has 0 spiro atoms. The molecule has 4 heteroatoms. The molecule has 0 amide bonds. The maximum Gasteiger partial charge on any atom is 0.0705 e. The summed E-state index contributed by atoms with van der Waals surface area (Å²) >= 11 is 11.9. The van der Waals surface area contributed by atoms with Crippen molar-refractivity contribution in [2.24, 2.45) is 0 Å². The van der Waals surface area contributed by atoms with Gasteiger partial charge >= 0.3 is 0 Å². The number of nitrogens with one attached hydrogen (secondary N) is 1. The fourth-order valence-corrected chi connectivity index (χ4v) is 1.84. The molecule has 0 bridgehead atoms. The lowest BCUT2D eigenvalue weighted by Gasteiger charge is -2.23. The van der Waals surface area contributed by atoms with Crippen molar-refractivity contribution >= 4 is 23.2 Å². The molecule has 1 aromatic carbocycles. The fourth-order valence-electron chi connectivity index (χ4n) is 1.45. The van der Waals surface area contributed by atoms with Gasteiger partial charge in [-0.15, -0.1) is 0 Å². The molecule has 17 heavy (non-hydrogen) atoms. The summed E-state index contributed by atoms with van der Waals surface area (Å²) in [5.41, 5.74) is 0.876. The Bertz CT molecular complexity index is 374. The van der Waals surface area contributed by atoms with Gasteiger partial charge in [0.15, 0.2) is 0 Å². The second-order valence-corrected chi connectivity index (χ2v) is 6.07. The summed E-state index contributed by atoms with van der Waals surface area (Å²) in [5, 5.41) is 14.4. The molecule has 0 saturated carbocycles. The number of benzene rings is 1. The van der Waals surface area contributed by atoms with Crippen LogP contribution in [0.25, 0.3) is 0 Å². The van der Waals surface area contributed by atoms with Gasteiger partial charge in [0.05, 0.1) is 6.10 Å². The average Bonchev–Trinajstić information content (AvgIpc) is 2.20.